The molecule has 0 amide bonds. The number of hydrogen-bond acceptors (Lipinski definition) is 6. The van der Waals surface area contributed by atoms with Crippen LogP contribution >= 0.6 is 12.4 Å². The highest BCUT2D eigenvalue weighted by molar-refractivity contribution is 5.95. The summed E-state index contributed by atoms with van der Waals surface area (Å²) >= 11 is 0. The molecule has 2 heterocycles. The summed E-state index contributed by atoms with van der Waals surface area (Å²) in [6, 6.07) is 6.70. The van der Waals surface area contributed by atoms with E-state index in [4.69, 9.17) is 9.84 Å². The first kappa shape index (κ1) is 25.7. The molecule has 1 N–H and O–H groups in total. The van der Waals surface area contributed by atoms with Gasteiger partial charge in [-0.1, -0.05) is 50.8 Å². The monoisotopic (exact) mass is 488 g/mol. The first-order chi connectivity index (χ1) is 15.9. The van der Waals surface area contributed by atoms with E-state index in [1.165, 1.54) is 6.07 Å². The molecule has 2 aromatic rings. The van der Waals surface area contributed by atoms with Gasteiger partial charge in [0.05, 0.1) is 28.7 Å². The Bertz CT molecular complexity index is 1090. The quantitative estimate of drug-likeness (QED) is 0.212. The molecule has 1 aliphatic carbocycles. The van der Waals surface area contributed by atoms with Crippen LogP contribution in [0.3, 0.4) is 0 Å². The van der Waals surface area contributed by atoms with Crippen molar-refractivity contribution in [3.05, 3.63) is 62.5 Å². The maximum absolute atomic E-state index is 13.4. The molecule has 0 radical (unpaired) electrons. The number of para-hydroxylation sites is 1. The Morgan fingerprint density at radius 3 is 2.65 bits per heavy atom. The highest BCUT2D eigenvalue weighted by atomic mass is 35.5. The fourth-order valence-electron chi connectivity index (χ4n) is 5.18. The van der Waals surface area contributed by atoms with Gasteiger partial charge in [0.25, 0.3) is 5.69 Å². The summed E-state index contributed by atoms with van der Waals surface area (Å²) in [7, 11) is 1.88. The van der Waals surface area contributed by atoms with Crippen molar-refractivity contribution in [3.8, 4) is 0 Å². The van der Waals surface area contributed by atoms with E-state index in [0.29, 0.717) is 23.4 Å². The molecular formula is C25H33ClN4O4. The summed E-state index contributed by atoms with van der Waals surface area (Å²) in [5, 5.41) is 20.2. The molecule has 1 saturated carbocycles. The molecule has 0 saturated heterocycles. The second-order valence-corrected chi connectivity index (χ2v) is 9.01. The first-order valence-electron chi connectivity index (χ1n) is 11.9. The molecule has 0 spiro atoms. The van der Waals surface area contributed by atoms with Crippen LogP contribution in [-0.4, -0.2) is 27.3 Å². The zero-order valence-corrected chi connectivity index (χ0v) is 20.8. The van der Waals surface area contributed by atoms with Crippen LogP contribution in [0.5, 0.6) is 0 Å². The predicted octanol–water partition coefficient (Wildman–Crippen LogP) is 5.97. The van der Waals surface area contributed by atoms with Gasteiger partial charge >= 0.3 is 5.97 Å². The van der Waals surface area contributed by atoms with Crippen molar-refractivity contribution in [2.24, 2.45) is 7.05 Å². The van der Waals surface area contributed by atoms with Crippen LogP contribution in [0.15, 0.2) is 35.5 Å². The molecule has 1 fully saturated rings. The molecule has 34 heavy (non-hydrogen) atoms. The van der Waals surface area contributed by atoms with Crippen LogP contribution in [-0.2, 0) is 16.6 Å². The van der Waals surface area contributed by atoms with Crippen molar-refractivity contribution in [2.45, 2.75) is 70.6 Å². The van der Waals surface area contributed by atoms with Gasteiger partial charge in [-0.05, 0) is 26.2 Å². The standard InChI is InChI=1S/C25H32N4O4.ClH/c1-4-5-10-15-33-25(30)20-16(2)26-24-22(23(27-28(24)3)17-11-6-7-12-17)21(20)18-13-8-9-14-19(18)29(31)32;/h8-9,13-14,17,21,26H,4-7,10-12,15H2,1-3H3;1H. The van der Waals surface area contributed by atoms with E-state index in [9.17, 15) is 14.9 Å². The van der Waals surface area contributed by atoms with Gasteiger partial charge in [0.2, 0.25) is 0 Å². The Kier molecular flexibility index (Phi) is 8.36. The van der Waals surface area contributed by atoms with Gasteiger partial charge in [-0.3, -0.25) is 14.8 Å². The number of nitro groups is 1. The molecule has 1 aliphatic heterocycles. The first-order valence-corrected chi connectivity index (χ1v) is 11.9. The number of anilines is 1. The molecule has 2 aliphatic rings. The van der Waals surface area contributed by atoms with Crippen LogP contribution in [0, 0.1) is 10.1 Å². The molecule has 1 aromatic heterocycles. The van der Waals surface area contributed by atoms with E-state index in [-0.39, 0.29) is 28.9 Å². The molecule has 184 valence electrons. The molecular weight excluding hydrogens is 456 g/mol. The summed E-state index contributed by atoms with van der Waals surface area (Å²) in [5.74, 6) is 0.0456. The van der Waals surface area contributed by atoms with E-state index in [1.807, 2.05) is 14.0 Å². The molecule has 9 heteroatoms. The molecule has 1 atom stereocenters. The van der Waals surface area contributed by atoms with Crippen molar-refractivity contribution in [3.63, 3.8) is 0 Å². The van der Waals surface area contributed by atoms with Crippen LogP contribution in [0.25, 0.3) is 0 Å². The van der Waals surface area contributed by atoms with Crippen LogP contribution in [0.4, 0.5) is 11.5 Å². The number of esters is 1. The second-order valence-electron chi connectivity index (χ2n) is 9.01. The Hall–Kier alpha value is -2.87. The minimum atomic E-state index is -0.606. The number of fused-ring (bicyclic) bond motifs is 1. The molecule has 4 rings (SSSR count). The molecule has 1 unspecified atom stereocenters. The van der Waals surface area contributed by atoms with E-state index < -0.39 is 11.9 Å². The van der Waals surface area contributed by atoms with E-state index >= 15 is 0 Å². The van der Waals surface area contributed by atoms with Gasteiger partial charge in [0.1, 0.15) is 5.82 Å². The number of allylic oxidation sites excluding steroid dienone is 1. The lowest BCUT2D eigenvalue weighted by molar-refractivity contribution is -0.385. The maximum atomic E-state index is 13.4. The fraction of sp³-hybridized carbons (Fsp3) is 0.520. The summed E-state index contributed by atoms with van der Waals surface area (Å²) in [6.07, 6.45) is 7.16. The number of carbonyl (C=O) groups is 1. The number of nitrogens with zero attached hydrogens (tertiary/aromatic N) is 3. The number of nitro benzene ring substituents is 1. The number of ether oxygens (including phenoxy) is 1. The maximum Gasteiger partial charge on any atom is 0.336 e. The second kappa shape index (κ2) is 11.0. The summed E-state index contributed by atoms with van der Waals surface area (Å²) in [5.41, 5.74) is 3.37. The lowest BCUT2D eigenvalue weighted by Gasteiger charge is -2.29. The smallest absolute Gasteiger partial charge is 0.336 e. The average molecular weight is 489 g/mol. The van der Waals surface area contributed by atoms with Gasteiger partial charge in [-0.25, -0.2) is 4.79 Å². The van der Waals surface area contributed by atoms with Gasteiger partial charge < -0.3 is 10.1 Å². The third-order valence-corrected chi connectivity index (χ3v) is 6.79. The van der Waals surface area contributed by atoms with Crippen molar-refractivity contribution in [2.75, 3.05) is 11.9 Å². The Morgan fingerprint density at radius 2 is 1.97 bits per heavy atom. The lowest BCUT2D eigenvalue weighted by Crippen LogP contribution is -2.26. The fourth-order valence-corrected chi connectivity index (χ4v) is 5.18. The Labute approximate surface area is 206 Å². The minimum absolute atomic E-state index is 0. The van der Waals surface area contributed by atoms with E-state index in [0.717, 1.165) is 62.0 Å². The van der Waals surface area contributed by atoms with Crippen molar-refractivity contribution in [1.29, 1.82) is 0 Å². The lowest BCUT2D eigenvalue weighted by atomic mass is 9.79. The summed E-state index contributed by atoms with van der Waals surface area (Å²) in [6.45, 7) is 4.26. The number of halogens is 1. The normalized spacial score (nSPS) is 17.7. The number of hydrogen-bond donors (Lipinski definition) is 1. The average Bonchev–Trinajstić information content (AvgIpc) is 3.44. The number of aromatic nitrogens is 2. The Balaban J connectivity index is 0.00000324. The number of benzene rings is 1. The molecule has 0 bridgehead atoms. The molecule has 1 aromatic carbocycles. The van der Waals surface area contributed by atoms with Crippen LogP contribution in [0.2, 0.25) is 0 Å². The van der Waals surface area contributed by atoms with Crippen molar-refractivity contribution in [1.82, 2.24) is 9.78 Å². The number of carbonyl (C=O) groups excluding carboxylic acids is 1. The van der Waals surface area contributed by atoms with E-state index in [1.54, 1.807) is 22.9 Å². The zero-order valence-electron chi connectivity index (χ0n) is 20.0. The van der Waals surface area contributed by atoms with Gasteiger partial charge in [0.15, 0.2) is 0 Å². The number of nitrogens with one attached hydrogen (secondary N) is 1. The number of unbranched alkanes of at least 4 members (excludes halogenated alkanes) is 2. The van der Waals surface area contributed by atoms with Gasteiger partial charge in [-0.2, -0.15) is 5.10 Å². The van der Waals surface area contributed by atoms with Crippen LogP contribution in [0.1, 0.15) is 87.4 Å². The SMILES string of the molecule is CCCCCOC(=O)C1=C(C)Nc2c(c(C3CCCC3)nn2C)C1c1ccccc1[N+](=O)[O-].Cl. The summed E-state index contributed by atoms with van der Waals surface area (Å²) in [4.78, 5) is 25.0. The predicted molar refractivity (Wildman–Crippen MR) is 133 cm³/mol. The highest BCUT2D eigenvalue weighted by Gasteiger charge is 2.41. The van der Waals surface area contributed by atoms with Gasteiger partial charge in [-0.15, -0.1) is 12.4 Å². The van der Waals surface area contributed by atoms with Gasteiger partial charge in [0, 0.05) is 35.9 Å². The van der Waals surface area contributed by atoms with E-state index in [2.05, 4.69) is 12.2 Å². The highest BCUT2D eigenvalue weighted by Crippen LogP contribution is 2.49. The van der Waals surface area contributed by atoms with Crippen molar-refractivity contribution >= 4 is 29.9 Å². The Morgan fingerprint density at radius 1 is 1.26 bits per heavy atom. The number of aryl methyl sites for hydroxylation is 1. The zero-order chi connectivity index (χ0) is 23.5. The third kappa shape index (κ3) is 4.82. The van der Waals surface area contributed by atoms with Crippen molar-refractivity contribution < 1.29 is 14.5 Å². The third-order valence-electron chi connectivity index (χ3n) is 6.79. The topological polar surface area (TPSA) is 99.3 Å². The number of rotatable bonds is 8. The molecule has 8 nitrogen and oxygen atoms in total. The largest absolute Gasteiger partial charge is 0.462 e. The summed E-state index contributed by atoms with van der Waals surface area (Å²) < 4.78 is 7.46. The minimum Gasteiger partial charge on any atom is -0.462 e. The van der Waals surface area contributed by atoms with Crippen LogP contribution < -0.4 is 5.32 Å².